The molecule has 9 nitrogen and oxygen atoms in total. The summed E-state index contributed by atoms with van der Waals surface area (Å²) in [6.45, 7) is 3.73. The van der Waals surface area contributed by atoms with Crippen LogP contribution in [0, 0.1) is 0 Å². The van der Waals surface area contributed by atoms with E-state index >= 15 is 0 Å². The number of phosphoric ester groups is 1. The Morgan fingerprint density at radius 2 is 0.980 bits per heavy atom. The zero-order valence-electron chi connectivity index (χ0n) is 32.4. The third kappa shape index (κ3) is 36.5. The Morgan fingerprint density at radius 1 is 0.580 bits per heavy atom. The van der Waals surface area contributed by atoms with E-state index in [0.717, 1.165) is 51.4 Å². The van der Waals surface area contributed by atoms with Crippen molar-refractivity contribution in [3.8, 4) is 0 Å². The van der Waals surface area contributed by atoms with E-state index in [1.54, 1.807) is 0 Å². The van der Waals surface area contributed by atoms with Crippen molar-refractivity contribution in [2.75, 3.05) is 26.4 Å². The summed E-state index contributed by atoms with van der Waals surface area (Å²) >= 11 is 0. The third-order valence-electron chi connectivity index (χ3n) is 8.90. The number of esters is 2. The minimum atomic E-state index is -4.37. The highest BCUT2D eigenvalue weighted by atomic mass is 31.2. The van der Waals surface area contributed by atoms with Gasteiger partial charge in [-0.15, -0.1) is 0 Å². The van der Waals surface area contributed by atoms with Crippen LogP contribution in [0.3, 0.4) is 0 Å². The highest BCUT2D eigenvalue weighted by Gasteiger charge is 2.26. The van der Waals surface area contributed by atoms with Gasteiger partial charge in [-0.1, -0.05) is 161 Å². The third-order valence-corrected chi connectivity index (χ3v) is 9.89. The Morgan fingerprint density at radius 3 is 1.42 bits per heavy atom. The first-order valence-corrected chi connectivity index (χ1v) is 22.2. The van der Waals surface area contributed by atoms with E-state index in [-0.39, 0.29) is 38.6 Å². The second kappa shape index (κ2) is 37.5. The van der Waals surface area contributed by atoms with E-state index in [4.69, 9.17) is 24.3 Å². The van der Waals surface area contributed by atoms with Crippen LogP contribution >= 0.6 is 7.82 Å². The highest BCUT2D eigenvalue weighted by molar-refractivity contribution is 7.47. The van der Waals surface area contributed by atoms with Crippen LogP contribution in [0.1, 0.15) is 200 Å². The number of hydrogen-bond acceptors (Lipinski definition) is 8. The molecular weight excluding hydrogens is 653 g/mol. The minimum absolute atomic E-state index is 0.0547. The molecule has 0 amide bonds. The molecule has 0 rings (SSSR count). The van der Waals surface area contributed by atoms with E-state index in [2.05, 4.69) is 26.0 Å². The number of allylic oxidation sites excluding steroid dienone is 2. The number of carbonyl (C=O) groups is 2. The average molecular weight is 732 g/mol. The SMILES string of the molecule is CCCCCCC/C=C\CCCCCCCC(=O)OC(COC(=O)CCCCCCCCCCCCCCCCC)COP(=O)(O)OCCN. The summed E-state index contributed by atoms with van der Waals surface area (Å²) in [5, 5.41) is 0. The van der Waals surface area contributed by atoms with Crippen LogP contribution in [0.25, 0.3) is 0 Å². The van der Waals surface area contributed by atoms with E-state index < -0.39 is 26.5 Å². The first kappa shape index (κ1) is 48.8. The molecule has 0 fully saturated rings. The molecule has 10 heteroatoms. The number of hydrogen-bond donors (Lipinski definition) is 2. The van der Waals surface area contributed by atoms with Crippen LogP contribution in [0.15, 0.2) is 12.2 Å². The molecule has 2 atom stereocenters. The average Bonchev–Trinajstić information content (AvgIpc) is 3.10. The lowest BCUT2D eigenvalue weighted by Crippen LogP contribution is -2.29. The zero-order valence-corrected chi connectivity index (χ0v) is 33.3. The van der Waals surface area contributed by atoms with Gasteiger partial charge in [0, 0.05) is 19.4 Å². The van der Waals surface area contributed by atoms with Gasteiger partial charge in [0.25, 0.3) is 0 Å². The summed E-state index contributed by atoms with van der Waals surface area (Å²) in [6, 6.07) is 0. The number of unbranched alkanes of at least 4 members (excludes halogenated alkanes) is 24. The van der Waals surface area contributed by atoms with Crippen LogP contribution in [-0.2, 0) is 32.7 Å². The van der Waals surface area contributed by atoms with Crippen molar-refractivity contribution >= 4 is 19.8 Å². The Balaban J connectivity index is 4.16. The molecule has 0 radical (unpaired) electrons. The first-order chi connectivity index (χ1) is 24.3. The standard InChI is InChI=1S/C40H78NO8P/c1-3-5-7-9-11-13-15-17-19-21-22-24-26-28-30-32-39(42)46-36-38(37-48-50(44,45)47-35-34-41)49-40(43)33-31-29-27-25-23-20-18-16-14-12-10-8-6-4-2/h16,18,38H,3-15,17,19-37,41H2,1-2H3,(H,44,45)/b18-16-. The Hall–Kier alpha value is -1.25. The molecule has 0 heterocycles. The molecule has 296 valence electrons. The molecule has 0 saturated carbocycles. The Kier molecular flexibility index (Phi) is 36.6. The Labute approximate surface area is 307 Å². The monoisotopic (exact) mass is 732 g/mol. The van der Waals surface area contributed by atoms with Crippen molar-refractivity contribution in [1.82, 2.24) is 0 Å². The van der Waals surface area contributed by atoms with Gasteiger partial charge in [-0.25, -0.2) is 4.57 Å². The molecule has 0 aromatic rings. The smallest absolute Gasteiger partial charge is 0.462 e. The van der Waals surface area contributed by atoms with Crippen LogP contribution in [0.2, 0.25) is 0 Å². The van der Waals surface area contributed by atoms with Crippen LogP contribution in [-0.4, -0.2) is 49.3 Å². The molecule has 0 saturated heterocycles. The summed E-state index contributed by atoms with van der Waals surface area (Å²) < 4.78 is 32.7. The molecule has 2 unspecified atom stereocenters. The van der Waals surface area contributed by atoms with Gasteiger partial charge >= 0.3 is 19.8 Å². The lowest BCUT2D eigenvalue weighted by molar-refractivity contribution is -0.161. The number of carbonyl (C=O) groups excluding carboxylic acids is 2. The van der Waals surface area contributed by atoms with Gasteiger partial charge in [-0.05, 0) is 38.5 Å². The number of phosphoric acid groups is 1. The number of rotatable bonds is 39. The van der Waals surface area contributed by atoms with E-state index in [9.17, 15) is 19.0 Å². The fourth-order valence-electron chi connectivity index (χ4n) is 5.81. The normalized spacial score (nSPS) is 13.4. The molecular formula is C40H78NO8P. The van der Waals surface area contributed by atoms with E-state index in [1.807, 2.05) is 0 Å². The predicted octanol–water partition coefficient (Wildman–Crippen LogP) is 11.4. The molecule has 50 heavy (non-hydrogen) atoms. The van der Waals surface area contributed by atoms with Crippen molar-refractivity contribution < 1.29 is 37.6 Å². The summed E-state index contributed by atoms with van der Waals surface area (Å²) in [4.78, 5) is 34.8. The van der Waals surface area contributed by atoms with Crippen molar-refractivity contribution in [2.45, 2.75) is 206 Å². The number of nitrogens with two attached hydrogens (primary N) is 1. The molecule has 0 aliphatic rings. The second-order valence-corrected chi connectivity index (χ2v) is 15.3. The van der Waals surface area contributed by atoms with Gasteiger partial charge in [0.15, 0.2) is 6.10 Å². The predicted molar refractivity (Wildman–Crippen MR) is 206 cm³/mol. The molecule has 0 aliphatic carbocycles. The van der Waals surface area contributed by atoms with Crippen LogP contribution < -0.4 is 5.73 Å². The van der Waals surface area contributed by atoms with Gasteiger partial charge in [0.05, 0.1) is 13.2 Å². The maximum absolute atomic E-state index is 12.5. The van der Waals surface area contributed by atoms with Crippen LogP contribution in [0.5, 0.6) is 0 Å². The topological polar surface area (TPSA) is 134 Å². The summed E-state index contributed by atoms with van der Waals surface area (Å²) in [7, 11) is -4.37. The van der Waals surface area contributed by atoms with Gasteiger partial charge in [-0.2, -0.15) is 0 Å². The van der Waals surface area contributed by atoms with Crippen molar-refractivity contribution in [1.29, 1.82) is 0 Å². The highest BCUT2D eigenvalue weighted by Crippen LogP contribution is 2.43. The van der Waals surface area contributed by atoms with Crippen LogP contribution in [0.4, 0.5) is 0 Å². The van der Waals surface area contributed by atoms with Crippen molar-refractivity contribution in [3.05, 3.63) is 12.2 Å². The fraction of sp³-hybridized carbons (Fsp3) is 0.900. The molecule has 0 aliphatic heterocycles. The first-order valence-electron chi connectivity index (χ1n) is 20.7. The Bertz CT molecular complexity index is 840. The summed E-state index contributed by atoms with van der Waals surface area (Å²) in [5.74, 6) is -0.830. The maximum atomic E-state index is 12.5. The lowest BCUT2D eigenvalue weighted by atomic mass is 10.0. The molecule has 0 bridgehead atoms. The maximum Gasteiger partial charge on any atom is 0.472 e. The minimum Gasteiger partial charge on any atom is -0.462 e. The second-order valence-electron chi connectivity index (χ2n) is 13.9. The number of ether oxygens (including phenoxy) is 2. The quantitative estimate of drug-likeness (QED) is 0.0274. The van der Waals surface area contributed by atoms with Gasteiger partial charge in [0.1, 0.15) is 6.61 Å². The van der Waals surface area contributed by atoms with Gasteiger partial charge < -0.3 is 20.1 Å². The molecule has 3 N–H and O–H groups in total. The molecule has 0 aromatic heterocycles. The molecule has 0 aromatic carbocycles. The van der Waals surface area contributed by atoms with E-state index in [1.165, 1.54) is 116 Å². The molecule has 0 spiro atoms. The van der Waals surface area contributed by atoms with Gasteiger partial charge in [0.2, 0.25) is 0 Å². The summed E-state index contributed by atoms with van der Waals surface area (Å²) in [6.07, 6.45) is 36.6. The zero-order chi connectivity index (χ0) is 36.8. The lowest BCUT2D eigenvalue weighted by Gasteiger charge is -2.19. The largest absolute Gasteiger partial charge is 0.472 e. The fourth-order valence-corrected chi connectivity index (χ4v) is 6.57. The van der Waals surface area contributed by atoms with Gasteiger partial charge in [-0.3, -0.25) is 18.6 Å². The summed E-state index contributed by atoms with van der Waals surface area (Å²) in [5.41, 5.74) is 5.34. The van der Waals surface area contributed by atoms with Crippen molar-refractivity contribution in [2.24, 2.45) is 5.73 Å². The van der Waals surface area contributed by atoms with Crippen molar-refractivity contribution in [3.63, 3.8) is 0 Å². The van der Waals surface area contributed by atoms with E-state index in [0.29, 0.717) is 6.42 Å².